The molecule has 0 atom stereocenters. The normalized spacial score (nSPS) is 10.2. The number of amides is 2. The first-order valence-electron chi connectivity index (χ1n) is 9.59. The number of Topliss-reactive ketones (excluding diaryl/α,β-unsaturated/α-hetero) is 1. The fraction of sp³-hybridized carbons (Fsp3) is 0.125. The van der Waals surface area contributed by atoms with E-state index in [1.165, 1.54) is 6.92 Å². The summed E-state index contributed by atoms with van der Waals surface area (Å²) in [5, 5.41) is 8.65. The van der Waals surface area contributed by atoms with Crippen molar-refractivity contribution < 1.29 is 14.4 Å². The van der Waals surface area contributed by atoms with E-state index < -0.39 is 0 Å². The van der Waals surface area contributed by atoms with Gasteiger partial charge in [-0.1, -0.05) is 54.6 Å². The summed E-state index contributed by atoms with van der Waals surface area (Å²) in [4.78, 5) is 36.4. The highest BCUT2D eigenvalue weighted by molar-refractivity contribution is 6.01. The van der Waals surface area contributed by atoms with Crippen molar-refractivity contribution in [3.05, 3.63) is 95.6 Å². The minimum Gasteiger partial charge on any atom is -0.376 e. The van der Waals surface area contributed by atoms with E-state index in [9.17, 15) is 14.4 Å². The molecule has 0 saturated heterocycles. The third-order valence-corrected chi connectivity index (χ3v) is 4.46. The molecule has 2 amide bonds. The fourth-order valence-electron chi connectivity index (χ4n) is 2.91. The summed E-state index contributed by atoms with van der Waals surface area (Å²) in [6, 6.07) is 23.4. The van der Waals surface area contributed by atoms with Gasteiger partial charge in [-0.25, -0.2) is 0 Å². The molecule has 3 aromatic carbocycles. The molecule has 3 rings (SSSR count). The lowest BCUT2D eigenvalue weighted by atomic mass is 10.1. The van der Waals surface area contributed by atoms with E-state index in [4.69, 9.17) is 0 Å². The van der Waals surface area contributed by atoms with Crippen molar-refractivity contribution in [3.8, 4) is 0 Å². The molecule has 0 spiro atoms. The second-order valence-corrected chi connectivity index (χ2v) is 6.75. The topological polar surface area (TPSA) is 87.3 Å². The van der Waals surface area contributed by atoms with Gasteiger partial charge in [0.15, 0.2) is 5.78 Å². The maximum atomic E-state index is 12.6. The van der Waals surface area contributed by atoms with Crippen LogP contribution in [0.25, 0.3) is 0 Å². The van der Waals surface area contributed by atoms with Crippen molar-refractivity contribution in [2.45, 2.75) is 13.5 Å². The van der Waals surface area contributed by atoms with Crippen LogP contribution in [-0.2, 0) is 11.3 Å². The predicted molar refractivity (Wildman–Crippen MR) is 118 cm³/mol. The zero-order valence-electron chi connectivity index (χ0n) is 16.6. The van der Waals surface area contributed by atoms with Crippen molar-refractivity contribution in [1.29, 1.82) is 0 Å². The molecule has 30 heavy (non-hydrogen) atoms. The number of para-hydroxylation sites is 1. The number of nitrogens with one attached hydrogen (secondary N) is 3. The van der Waals surface area contributed by atoms with Crippen molar-refractivity contribution in [1.82, 2.24) is 5.32 Å². The van der Waals surface area contributed by atoms with Crippen molar-refractivity contribution in [3.63, 3.8) is 0 Å². The van der Waals surface area contributed by atoms with Gasteiger partial charge in [-0.3, -0.25) is 14.4 Å². The van der Waals surface area contributed by atoms with Crippen LogP contribution >= 0.6 is 0 Å². The maximum absolute atomic E-state index is 12.6. The smallest absolute Gasteiger partial charge is 0.253 e. The molecule has 3 aromatic rings. The van der Waals surface area contributed by atoms with E-state index in [1.54, 1.807) is 48.5 Å². The Morgan fingerprint density at radius 1 is 0.833 bits per heavy atom. The van der Waals surface area contributed by atoms with E-state index in [0.717, 1.165) is 5.56 Å². The maximum Gasteiger partial charge on any atom is 0.253 e. The molecule has 3 N–H and O–H groups in total. The van der Waals surface area contributed by atoms with E-state index in [-0.39, 0.29) is 24.1 Å². The first kappa shape index (κ1) is 20.8. The van der Waals surface area contributed by atoms with Crippen LogP contribution in [0.2, 0.25) is 0 Å². The van der Waals surface area contributed by atoms with Crippen LogP contribution < -0.4 is 16.0 Å². The molecule has 0 fully saturated rings. The lowest BCUT2D eigenvalue weighted by Gasteiger charge is -2.13. The Kier molecular flexibility index (Phi) is 6.95. The zero-order valence-corrected chi connectivity index (χ0v) is 16.6. The SMILES string of the molecule is CC(=O)c1cccc(NC(=O)CNc2ccccc2C(=O)NCc2ccccc2)c1. The molecule has 0 aromatic heterocycles. The average molecular weight is 401 g/mol. The average Bonchev–Trinajstić information content (AvgIpc) is 2.77. The number of hydrogen-bond donors (Lipinski definition) is 3. The van der Waals surface area contributed by atoms with Crippen LogP contribution in [0.5, 0.6) is 0 Å². The third-order valence-electron chi connectivity index (χ3n) is 4.46. The Hall–Kier alpha value is -3.93. The minimum atomic E-state index is -0.282. The molecule has 0 aliphatic carbocycles. The third kappa shape index (κ3) is 5.78. The molecule has 0 saturated carbocycles. The summed E-state index contributed by atoms with van der Waals surface area (Å²) in [6.07, 6.45) is 0. The number of ketones is 1. The minimum absolute atomic E-state index is 0.0206. The molecule has 6 heteroatoms. The van der Waals surface area contributed by atoms with Gasteiger partial charge < -0.3 is 16.0 Å². The Labute approximate surface area is 175 Å². The van der Waals surface area contributed by atoms with Gasteiger partial charge in [-0.05, 0) is 36.8 Å². The van der Waals surface area contributed by atoms with Crippen LogP contribution in [0.4, 0.5) is 11.4 Å². The highest BCUT2D eigenvalue weighted by Crippen LogP contribution is 2.16. The Morgan fingerprint density at radius 3 is 2.33 bits per heavy atom. The van der Waals surface area contributed by atoms with Crippen LogP contribution in [0.1, 0.15) is 33.2 Å². The molecule has 0 aliphatic rings. The summed E-state index contributed by atoms with van der Waals surface area (Å²) in [5.41, 5.74) is 3.10. The summed E-state index contributed by atoms with van der Waals surface area (Å²) in [5.74, 6) is -0.577. The summed E-state index contributed by atoms with van der Waals surface area (Å²) in [6.45, 7) is 1.87. The van der Waals surface area contributed by atoms with Gasteiger partial charge in [-0.2, -0.15) is 0 Å². The Bertz CT molecular complexity index is 1050. The molecular weight excluding hydrogens is 378 g/mol. The monoisotopic (exact) mass is 401 g/mol. The molecule has 0 unspecified atom stereocenters. The lowest BCUT2D eigenvalue weighted by Crippen LogP contribution is -2.26. The zero-order chi connectivity index (χ0) is 21.3. The van der Waals surface area contributed by atoms with Gasteiger partial charge in [-0.15, -0.1) is 0 Å². The highest BCUT2D eigenvalue weighted by Gasteiger charge is 2.12. The van der Waals surface area contributed by atoms with Gasteiger partial charge in [0.05, 0.1) is 12.1 Å². The Balaban J connectivity index is 1.59. The van der Waals surface area contributed by atoms with Crippen molar-refractivity contribution in [2.75, 3.05) is 17.2 Å². The van der Waals surface area contributed by atoms with Gasteiger partial charge in [0.2, 0.25) is 5.91 Å². The number of carbonyl (C=O) groups is 3. The van der Waals surface area contributed by atoms with E-state index in [2.05, 4.69) is 16.0 Å². The number of hydrogen-bond acceptors (Lipinski definition) is 4. The van der Waals surface area contributed by atoms with Crippen LogP contribution in [0, 0.1) is 0 Å². The van der Waals surface area contributed by atoms with Gasteiger partial charge in [0, 0.05) is 23.5 Å². The van der Waals surface area contributed by atoms with Gasteiger partial charge in [0.1, 0.15) is 0 Å². The van der Waals surface area contributed by atoms with E-state index in [1.807, 2.05) is 30.3 Å². The largest absolute Gasteiger partial charge is 0.376 e. The van der Waals surface area contributed by atoms with Gasteiger partial charge in [0.25, 0.3) is 5.91 Å². The predicted octanol–water partition coefficient (Wildman–Crippen LogP) is 3.87. The fourth-order valence-corrected chi connectivity index (χ4v) is 2.91. The molecule has 6 nitrogen and oxygen atoms in total. The lowest BCUT2D eigenvalue weighted by molar-refractivity contribution is -0.114. The van der Waals surface area contributed by atoms with Crippen LogP contribution in [0.15, 0.2) is 78.9 Å². The molecule has 0 heterocycles. The number of rotatable bonds is 8. The quantitative estimate of drug-likeness (QED) is 0.500. The summed E-state index contributed by atoms with van der Waals surface area (Å²) >= 11 is 0. The highest BCUT2D eigenvalue weighted by atomic mass is 16.2. The second-order valence-electron chi connectivity index (χ2n) is 6.75. The summed E-state index contributed by atoms with van der Waals surface area (Å²) < 4.78 is 0. The number of benzene rings is 3. The van der Waals surface area contributed by atoms with Crippen molar-refractivity contribution >= 4 is 29.0 Å². The summed E-state index contributed by atoms with van der Waals surface area (Å²) in [7, 11) is 0. The first-order valence-corrected chi connectivity index (χ1v) is 9.59. The van der Waals surface area contributed by atoms with Crippen molar-refractivity contribution in [2.24, 2.45) is 0 Å². The molecule has 0 bridgehead atoms. The number of carbonyl (C=O) groups excluding carboxylic acids is 3. The first-order chi connectivity index (χ1) is 14.5. The van der Waals surface area contributed by atoms with Crippen LogP contribution in [0.3, 0.4) is 0 Å². The molecule has 0 aliphatic heterocycles. The Morgan fingerprint density at radius 2 is 1.57 bits per heavy atom. The van der Waals surface area contributed by atoms with Crippen LogP contribution in [-0.4, -0.2) is 24.1 Å². The number of anilines is 2. The molecule has 0 radical (unpaired) electrons. The molecular formula is C24H23N3O3. The van der Waals surface area contributed by atoms with Gasteiger partial charge >= 0.3 is 0 Å². The van der Waals surface area contributed by atoms with E-state index >= 15 is 0 Å². The second kappa shape index (κ2) is 10.0. The van der Waals surface area contributed by atoms with E-state index in [0.29, 0.717) is 29.0 Å². The standard InChI is InChI=1S/C24H23N3O3/c1-17(28)19-10-7-11-20(14-19)27-23(29)16-25-22-13-6-5-12-21(22)24(30)26-15-18-8-3-2-4-9-18/h2-14,25H,15-16H2,1H3,(H,26,30)(H,27,29). The molecule has 152 valence electrons.